The van der Waals surface area contributed by atoms with E-state index in [-0.39, 0.29) is 11.8 Å². The van der Waals surface area contributed by atoms with Gasteiger partial charge in [-0.05, 0) is 18.2 Å². The van der Waals surface area contributed by atoms with Gasteiger partial charge in [-0.2, -0.15) is 26.3 Å². The monoisotopic (exact) mass is 393 g/mol. The van der Waals surface area contributed by atoms with E-state index in [0.29, 0.717) is 23.3 Å². The summed E-state index contributed by atoms with van der Waals surface area (Å²) in [5, 5.41) is 0. The lowest BCUT2D eigenvalue weighted by Crippen LogP contribution is -2.10. The molecular weight excluding hydrogens is 380 g/mol. The number of rotatable bonds is 3. The Morgan fingerprint density at radius 1 is 0.571 bits per heavy atom. The largest absolute Gasteiger partial charge is 0.416 e. The van der Waals surface area contributed by atoms with Crippen LogP contribution < -0.4 is 0 Å². The summed E-state index contributed by atoms with van der Waals surface area (Å²) in [5.74, 6) is 0. The summed E-state index contributed by atoms with van der Waals surface area (Å²) < 4.78 is 78.6. The van der Waals surface area contributed by atoms with Crippen LogP contribution in [-0.2, 0) is 12.4 Å². The molecule has 0 unspecified atom stereocenters. The number of benzene rings is 3. The quantitative estimate of drug-likeness (QED) is 0.339. The summed E-state index contributed by atoms with van der Waals surface area (Å²) in [5.41, 5.74) is -1.82. The third-order valence-electron chi connectivity index (χ3n) is 3.91. The molecule has 7 heteroatoms. The van der Waals surface area contributed by atoms with Gasteiger partial charge < -0.3 is 0 Å². The molecular formula is C21H13F6N. The number of hydrogen-bond donors (Lipinski definition) is 0. The van der Waals surface area contributed by atoms with Crippen molar-refractivity contribution >= 4 is 11.4 Å². The standard InChI is InChI=1S/C21H13F6N/c22-20(23,24)16-11-17(21(25,26)27)13-18(12-16)28-19(14-7-3-1-4-8-14)15-9-5-2-6-10-15/h1-13H. The number of hydrogen-bond acceptors (Lipinski definition) is 1. The first kappa shape index (κ1) is 19.7. The lowest BCUT2D eigenvalue weighted by atomic mass is 10.0. The van der Waals surface area contributed by atoms with Crippen molar-refractivity contribution in [2.45, 2.75) is 12.4 Å². The van der Waals surface area contributed by atoms with Crippen molar-refractivity contribution in [2.24, 2.45) is 4.99 Å². The second-order valence-electron chi connectivity index (χ2n) is 5.96. The Morgan fingerprint density at radius 2 is 0.964 bits per heavy atom. The Morgan fingerprint density at radius 3 is 1.32 bits per heavy atom. The minimum absolute atomic E-state index is 0.0870. The van der Waals surface area contributed by atoms with Gasteiger partial charge in [0.1, 0.15) is 0 Å². The van der Waals surface area contributed by atoms with E-state index in [2.05, 4.69) is 4.99 Å². The first-order valence-corrected chi connectivity index (χ1v) is 8.13. The molecule has 3 rings (SSSR count). The van der Waals surface area contributed by atoms with E-state index >= 15 is 0 Å². The highest BCUT2D eigenvalue weighted by molar-refractivity contribution is 6.13. The molecule has 3 aromatic carbocycles. The summed E-state index contributed by atoms with van der Waals surface area (Å²) in [6.45, 7) is 0. The lowest BCUT2D eigenvalue weighted by Gasteiger charge is -2.14. The van der Waals surface area contributed by atoms with Gasteiger partial charge in [0.25, 0.3) is 0 Å². The van der Waals surface area contributed by atoms with Crippen LogP contribution in [0.2, 0.25) is 0 Å². The van der Waals surface area contributed by atoms with E-state index in [9.17, 15) is 26.3 Å². The van der Waals surface area contributed by atoms with E-state index in [1.807, 2.05) is 0 Å². The molecule has 0 fully saturated rings. The smallest absolute Gasteiger partial charge is 0.248 e. The fraction of sp³-hybridized carbons (Fsp3) is 0.0952. The van der Waals surface area contributed by atoms with Crippen LogP contribution in [0, 0.1) is 0 Å². The van der Waals surface area contributed by atoms with Gasteiger partial charge in [-0.1, -0.05) is 60.7 Å². The van der Waals surface area contributed by atoms with Gasteiger partial charge in [-0.25, -0.2) is 4.99 Å². The van der Waals surface area contributed by atoms with Gasteiger partial charge in [-0.15, -0.1) is 0 Å². The zero-order valence-corrected chi connectivity index (χ0v) is 14.2. The molecule has 0 aliphatic heterocycles. The van der Waals surface area contributed by atoms with Crippen LogP contribution in [-0.4, -0.2) is 5.71 Å². The Balaban J connectivity index is 2.23. The van der Waals surface area contributed by atoms with Crippen molar-refractivity contribution in [1.82, 2.24) is 0 Å². The molecule has 0 heterocycles. The highest BCUT2D eigenvalue weighted by Crippen LogP contribution is 2.38. The van der Waals surface area contributed by atoms with Crippen LogP contribution in [0.1, 0.15) is 22.3 Å². The maximum absolute atomic E-state index is 13.1. The first-order valence-electron chi connectivity index (χ1n) is 8.13. The summed E-state index contributed by atoms with van der Waals surface area (Å²) >= 11 is 0. The highest BCUT2D eigenvalue weighted by Gasteiger charge is 2.37. The Kier molecular flexibility index (Phi) is 5.27. The summed E-state index contributed by atoms with van der Waals surface area (Å²) in [7, 11) is 0. The molecule has 3 aromatic rings. The van der Waals surface area contributed by atoms with E-state index in [4.69, 9.17) is 0 Å². The Bertz CT molecular complexity index is 900. The average Bonchev–Trinajstić information content (AvgIpc) is 2.66. The molecule has 0 N–H and O–H groups in total. The Hall–Kier alpha value is -3.09. The lowest BCUT2D eigenvalue weighted by molar-refractivity contribution is -0.143. The van der Waals surface area contributed by atoms with E-state index < -0.39 is 29.2 Å². The molecule has 0 spiro atoms. The Labute approximate surface area is 157 Å². The van der Waals surface area contributed by atoms with Gasteiger partial charge in [0.15, 0.2) is 0 Å². The van der Waals surface area contributed by atoms with Crippen LogP contribution in [0.25, 0.3) is 0 Å². The van der Waals surface area contributed by atoms with E-state index in [0.717, 1.165) is 0 Å². The highest BCUT2D eigenvalue weighted by atomic mass is 19.4. The maximum atomic E-state index is 13.1. The van der Waals surface area contributed by atoms with Crippen LogP contribution in [0.4, 0.5) is 32.0 Å². The van der Waals surface area contributed by atoms with Gasteiger partial charge in [0.05, 0.1) is 22.5 Å². The van der Waals surface area contributed by atoms with E-state index in [1.54, 1.807) is 60.7 Å². The molecule has 0 saturated carbocycles. The van der Waals surface area contributed by atoms with Crippen molar-refractivity contribution < 1.29 is 26.3 Å². The van der Waals surface area contributed by atoms with Crippen LogP contribution in [0.15, 0.2) is 83.9 Å². The molecule has 0 atom stereocenters. The second-order valence-corrected chi connectivity index (χ2v) is 5.96. The number of nitrogens with zero attached hydrogens (tertiary/aromatic N) is 1. The first-order chi connectivity index (χ1) is 13.1. The number of halogens is 6. The van der Waals surface area contributed by atoms with Gasteiger partial charge in [0, 0.05) is 11.1 Å². The fourth-order valence-electron chi connectivity index (χ4n) is 2.62. The molecule has 0 aliphatic rings. The third-order valence-corrected chi connectivity index (χ3v) is 3.91. The topological polar surface area (TPSA) is 12.4 Å². The van der Waals surface area contributed by atoms with Crippen molar-refractivity contribution in [3.63, 3.8) is 0 Å². The zero-order valence-electron chi connectivity index (χ0n) is 14.2. The van der Waals surface area contributed by atoms with Crippen LogP contribution in [0.3, 0.4) is 0 Å². The summed E-state index contributed by atoms with van der Waals surface area (Å²) in [4.78, 5) is 4.16. The van der Waals surface area contributed by atoms with Crippen LogP contribution in [0.5, 0.6) is 0 Å². The molecule has 0 amide bonds. The second kappa shape index (κ2) is 7.50. The third kappa shape index (κ3) is 4.60. The SMILES string of the molecule is FC(F)(F)c1cc(N=C(c2ccccc2)c2ccccc2)cc(C(F)(F)F)c1. The van der Waals surface area contributed by atoms with E-state index in [1.165, 1.54) is 0 Å². The number of alkyl halides is 6. The van der Waals surface area contributed by atoms with Crippen molar-refractivity contribution in [1.29, 1.82) is 0 Å². The van der Waals surface area contributed by atoms with Crippen molar-refractivity contribution in [2.75, 3.05) is 0 Å². The molecule has 0 radical (unpaired) electrons. The predicted molar refractivity (Wildman–Crippen MR) is 94.6 cm³/mol. The molecule has 1 nitrogen and oxygen atoms in total. The summed E-state index contributed by atoms with van der Waals surface area (Å²) in [6.07, 6.45) is -9.85. The molecule has 0 aromatic heterocycles. The predicted octanol–water partition coefficient (Wildman–Crippen LogP) is 6.89. The van der Waals surface area contributed by atoms with Gasteiger partial charge >= 0.3 is 12.4 Å². The molecule has 28 heavy (non-hydrogen) atoms. The van der Waals surface area contributed by atoms with Crippen molar-refractivity contribution in [3.8, 4) is 0 Å². The fourth-order valence-corrected chi connectivity index (χ4v) is 2.62. The molecule has 0 bridgehead atoms. The normalized spacial score (nSPS) is 11.9. The molecule has 144 valence electrons. The van der Waals surface area contributed by atoms with Gasteiger partial charge in [-0.3, -0.25) is 0 Å². The van der Waals surface area contributed by atoms with Crippen LogP contribution >= 0.6 is 0 Å². The minimum atomic E-state index is -4.93. The average molecular weight is 393 g/mol. The summed E-state index contributed by atoms with van der Waals surface area (Å²) in [6, 6.07) is 18.4. The number of aliphatic imine (C=N–C) groups is 1. The van der Waals surface area contributed by atoms with Gasteiger partial charge in [0.2, 0.25) is 0 Å². The minimum Gasteiger partial charge on any atom is -0.248 e. The van der Waals surface area contributed by atoms with Crippen molar-refractivity contribution in [3.05, 3.63) is 101 Å². The molecule has 0 aliphatic carbocycles. The zero-order chi connectivity index (χ0) is 20.4. The molecule has 0 saturated heterocycles. The maximum Gasteiger partial charge on any atom is 0.416 e.